The Kier molecular flexibility index (Phi) is 3.76. The minimum atomic E-state index is 0.0712. The van der Waals surface area contributed by atoms with Crippen molar-refractivity contribution in [3.63, 3.8) is 0 Å². The van der Waals surface area contributed by atoms with E-state index in [0.29, 0.717) is 19.7 Å². The van der Waals surface area contributed by atoms with Gasteiger partial charge in [-0.1, -0.05) is 0 Å². The molecule has 1 N–H and O–H groups in total. The molecule has 1 heterocycles. The van der Waals surface area contributed by atoms with E-state index >= 15 is 0 Å². The number of aliphatic hydroxyl groups excluding tert-OH is 1. The Morgan fingerprint density at radius 3 is 3.12 bits per heavy atom. The zero-order valence-electron chi connectivity index (χ0n) is 9.98. The van der Waals surface area contributed by atoms with Crippen molar-refractivity contribution in [3.8, 4) is 5.75 Å². The second kappa shape index (κ2) is 5.29. The first-order valence-corrected chi connectivity index (χ1v) is 5.79. The van der Waals surface area contributed by atoms with E-state index in [-0.39, 0.29) is 12.4 Å². The summed E-state index contributed by atoms with van der Waals surface area (Å²) in [6.45, 7) is 1.62. The van der Waals surface area contributed by atoms with E-state index in [9.17, 15) is 4.79 Å². The largest absolute Gasteiger partial charge is 0.493 e. The summed E-state index contributed by atoms with van der Waals surface area (Å²) in [6, 6.07) is 5.58. The minimum absolute atomic E-state index is 0.0712. The van der Waals surface area contributed by atoms with Crippen molar-refractivity contribution >= 4 is 5.78 Å². The van der Waals surface area contributed by atoms with Crippen molar-refractivity contribution in [3.05, 3.63) is 29.3 Å². The number of rotatable bonds is 5. The van der Waals surface area contributed by atoms with Gasteiger partial charge in [-0.2, -0.15) is 0 Å². The lowest BCUT2D eigenvalue weighted by atomic mass is 10.1. The molecule has 1 aliphatic rings. The number of hydrogen-bond acceptors (Lipinski definition) is 4. The van der Waals surface area contributed by atoms with Crippen molar-refractivity contribution < 1.29 is 14.6 Å². The predicted octanol–water partition coefficient (Wildman–Crippen LogP) is 0.728. The van der Waals surface area contributed by atoms with Gasteiger partial charge in [-0.25, -0.2) is 0 Å². The van der Waals surface area contributed by atoms with Crippen LogP contribution in [0.1, 0.15) is 15.9 Å². The Morgan fingerprint density at radius 1 is 1.53 bits per heavy atom. The highest BCUT2D eigenvalue weighted by molar-refractivity contribution is 5.98. The standard InChI is InChI=1S/C13H17NO3/c1-14(5-6-15)9-12(16)10-2-3-13-11(8-10)4-7-17-13/h2-3,8,15H,4-7,9H2,1H3. The Balaban J connectivity index is 2.04. The molecule has 0 saturated heterocycles. The average Bonchev–Trinajstić information content (AvgIpc) is 2.75. The van der Waals surface area contributed by atoms with Gasteiger partial charge in [0.1, 0.15) is 5.75 Å². The van der Waals surface area contributed by atoms with Crippen molar-refractivity contribution in [1.82, 2.24) is 4.90 Å². The summed E-state index contributed by atoms with van der Waals surface area (Å²) in [5.74, 6) is 0.973. The summed E-state index contributed by atoms with van der Waals surface area (Å²) in [5.41, 5.74) is 1.83. The molecule has 4 heteroatoms. The number of hydrogen-bond donors (Lipinski definition) is 1. The Labute approximate surface area is 101 Å². The number of likely N-dealkylation sites (N-methyl/N-ethyl adjacent to an activating group) is 1. The maximum Gasteiger partial charge on any atom is 0.176 e. The fourth-order valence-corrected chi connectivity index (χ4v) is 1.95. The van der Waals surface area contributed by atoms with Gasteiger partial charge < -0.3 is 9.84 Å². The fourth-order valence-electron chi connectivity index (χ4n) is 1.95. The van der Waals surface area contributed by atoms with Crippen LogP contribution in [0.3, 0.4) is 0 Å². The maximum atomic E-state index is 12.0. The van der Waals surface area contributed by atoms with Gasteiger partial charge in [0, 0.05) is 18.5 Å². The lowest BCUT2D eigenvalue weighted by molar-refractivity contribution is 0.0935. The van der Waals surface area contributed by atoms with E-state index in [0.717, 1.165) is 23.3 Å². The number of ketones is 1. The molecule has 92 valence electrons. The number of carbonyl (C=O) groups is 1. The van der Waals surface area contributed by atoms with Crippen LogP contribution in [0.25, 0.3) is 0 Å². The quantitative estimate of drug-likeness (QED) is 0.764. The van der Waals surface area contributed by atoms with Gasteiger partial charge in [-0.3, -0.25) is 9.69 Å². The zero-order valence-corrected chi connectivity index (χ0v) is 9.98. The predicted molar refractivity (Wildman–Crippen MR) is 64.6 cm³/mol. The van der Waals surface area contributed by atoms with Gasteiger partial charge in [0.2, 0.25) is 0 Å². The monoisotopic (exact) mass is 235 g/mol. The number of nitrogens with zero attached hydrogens (tertiary/aromatic N) is 1. The second-order valence-corrected chi connectivity index (χ2v) is 4.31. The van der Waals surface area contributed by atoms with Crippen LogP contribution in [-0.2, 0) is 6.42 Å². The third kappa shape index (κ3) is 2.84. The van der Waals surface area contributed by atoms with Crippen LogP contribution in [0.2, 0.25) is 0 Å². The van der Waals surface area contributed by atoms with Crippen LogP contribution in [0.15, 0.2) is 18.2 Å². The molecule has 0 fully saturated rings. The van der Waals surface area contributed by atoms with Gasteiger partial charge in [-0.05, 0) is 30.8 Å². The Hall–Kier alpha value is -1.39. The molecule has 0 radical (unpaired) electrons. The molecule has 0 saturated carbocycles. The third-order valence-corrected chi connectivity index (χ3v) is 2.91. The van der Waals surface area contributed by atoms with Crippen molar-refractivity contribution in [2.45, 2.75) is 6.42 Å². The maximum absolute atomic E-state index is 12.0. The molecular weight excluding hydrogens is 218 g/mol. The first-order chi connectivity index (χ1) is 8.20. The first-order valence-electron chi connectivity index (χ1n) is 5.79. The summed E-state index contributed by atoms with van der Waals surface area (Å²) < 4.78 is 5.40. The molecule has 17 heavy (non-hydrogen) atoms. The topological polar surface area (TPSA) is 49.8 Å². The third-order valence-electron chi connectivity index (χ3n) is 2.91. The van der Waals surface area contributed by atoms with E-state index < -0.39 is 0 Å². The van der Waals surface area contributed by atoms with Crippen LogP contribution in [0.5, 0.6) is 5.75 Å². The number of benzene rings is 1. The van der Waals surface area contributed by atoms with E-state index in [1.807, 2.05) is 24.1 Å². The summed E-state index contributed by atoms with van der Waals surface area (Å²) in [7, 11) is 1.82. The highest BCUT2D eigenvalue weighted by atomic mass is 16.5. The number of ether oxygens (including phenoxy) is 1. The number of aliphatic hydroxyl groups is 1. The first kappa shape index (κ1) is 12.1. The number of fused-ring (bicyclic) bond motifs is 1. The molecule has 0 aliphatic carbocycles. The SMILES string of the molecule is CN(CCO)CC(=O)c1ccc2c(c1)CCO2. The van der Waals surface area contributed by atoms with Crippen LogP contribution in [-0.4, -0.2) is 49.1 Å². The average molecular weight is 235 g/mol. The molecule has 0 spiro atoms. The van der Waals surface area contributed by atoms with Crippen LogP contribution >= 0.6 is 0 Å². The molecule has 2 rings (SSSR count). The lowest BCUT2D eigenvalue weighted by Gasteiger charge is -2.14. The number of Topliss-reactive ketones (excluding diaryl/α,β-unsaturated/α-hetero) is 1. The smallest absolute Gasteiger partial charge is 0.176 e. The van der Waals surface area contributed by atoms with Crippen LogP contribution in [0, 0.1) is 0 Å². The summed E-state index contributed by atoms with van der Waals surface area (Å²) in [6.07, 6.45) is 0.878. The van der Waals surface area contributed by atoms with Gasteiger partial charge in [-0.15, -0.1) is 0 Å². The summed E-state index contributed by atoms with van der Waals surface area (Å²) in [5, 5.41) is 8.78. The lowest BCUT2D eigenvalue weighted by Crippen LogP contribution is -2.28. The van der Waals surface area contributed by atoms with Gasteiger partial charge in [0.15, 0.2) is 5.78 Å². The second-order valence-electron chi connectivity index (χ2n) is 4.31. The highest BCUT2D eigenvalue weighted by Gasteiger charge is 2.15. The van der Waals surface area contributed by atoms with E-state index in [1.165, 1.54) is 0 Å². The van der Waals surface area contributed by atoms with Crippen molar-refractivity contribution in [1.29, 1.82) is 0 Å². The zero-order chi connectivity index (χ0) is 12.3. The Bertz CT molecular complexity index is 417. The molecule has 1 aliphatic heterocycles. The molecule has 1 aromatic rings. The minimum Gasteiger partial charge on any atom is -0.493 e. The van der Waals surface area contributed by atoms with Crippen LogP contribution < -0.4 is 4.74 Å². The van der Waals surface area contributed by atoms with E-state index in [2.05, 4.69) is 0 Å². The van der Waals surface area contributed by atoms with Crippen LogP contribution in [0.4, 0.5) is 0 Å². The highest BCUT2D eigenvalue weighted by Crippen LogP contribution is 2.25. The molecule has 0 amide bonds. The normalized spacial score (nSPS) is 13.6. The van der Waals surface area contributed by atoms with Gasteiger partial charge in [0.25, 0.3) is 0 Å². The Morgan fingerprint density at radius 2 is 2.35 bits per heavy atom. The van der Waals surface area contributed by atoms with Crippen molar-refractivity contribution in [2.24, 2.45) is 0 Å². The molecule has 0 aromatic heterocycles. The number of carbonyl (C=O) groups excluding carboxylic acids is 1. The van der Waals surface area contributed by atoms with Crippen molar-refractivity contribution in [2.75, 3.05) is 33.4 Å². The fraction of sp³-hybridized carbons (Fsp3) is 0.462. The molecule has 0 bridgehead atoms. The molecular formula is C13H17NO3. The molecule has 1 aromatic carbocycles. The van der Waals surface area contributed by atoms with Gasteiger partial charge in [0.05, 0.1) is 19.8 Å². The van der Waals surface area contributed by atoms with Gasteiger partial charge >= 0.3 is 0 Å². The molecule has 4 nitrogen and oxygen atoms in total. The molecule has 0 atom stereocenters. The van der Waals surface area contributed by atoms with E-state index in [4.69, 9.17) is 9.84 Å². The summed E-state index contributed by atoms with van der Waals surface area (Å²) >= 11 is 0. The van der Waals surface area contributed by atoms with E-state index in [1.54, 1.807) is 6.07 Å². The molecule has 0 unspecified atom stereocenters. The summed E-state index contributed by atoms with van der Waals surface area (Å²) in [4.78, 5) is 13.8.